The van der Waals surface area contributed by atoms with E-state index in [1.807, 2.05) is 13.8 Å². The first-order chi connectivity index (χ1) is 4.20. The van der Waals surface area contributed by atoms with E-state index in [2.05, 4.69) is 27.7 Å². The lowest BCUT2D eigenvalue weighted by atomic mass is 10.2. The summed E-state index contributed by atoms with van der Waals surface area (Å²) >= 11 is 3.78. The van der Waals surface area contributed by atoms with Gasteiger partial charge in [0, 0.05) is 11.0 Å². The molecule has 9 heavy (non-hydrogen) atoms. The van der Waals surface area contributed by atoms with Crippen LogP contribution in [-0.4, -0.2) is 10.3 Å². The van der Waals surface area contributed by atoms with E-state index in [0.717, 1.165) is 4.26 Å². The van der Waals surface area contributed by atoms with Gasteiger partial charge in [0.15, 0.2) is 5.16 Å². The Hall–Kier alpha value is -0.580. The van der Waals surface area contributed by atoms with Crippen LogP contribution >= 0.6 is 12.8 Å². The molecule has 0 fully saturated rings. The number of aromatic nitrogens is 3. The number of thiol groups is 1. The van der Waals surface area contributed by atoms with Crippen molar-refractivity contribution in [2.75, 3.05) is 0 Å². The molecule has 0 radical (unpaired) electrons. The average Bonchev–Trinajstić information content (AvgIpc) is 2.14. The molecule has 0 aliphatic heterocycles. The zero-order valence-corrected chi connectivity index (χ0v) is 6.17. The summed E-state index contributed by atoms with van der Waals surface area (Å²) in [5.41, 5.74) is 0. The van der Waals surface area contributed by atoms with Crippen molar-refractivity contribution in [3.8, 4) is 0 Å². The molecule has 4 nitrogen and oxygen atoms in total. The van der Waals surface area contributed by atoms with E-state index in [4.69, 9.17) is 0 Å². The molecule has 0 aliphatic rings. The molecule has 1 aromatic heterocycles. The Morgan fingerprint density at radius 1 is 1.67 bits per heavy atom. The summed E-state index contributed by atoms with van der Waals surface area (Å²) in [6.07, 6.45) is 0. The van der Waals surface area contributed by atoms with Crippen molar-refractivity contribution < 1.29 is 8.89 Å². The molecular formula is C4H8N3OS+. The fourth-order valence-corrected chi connectivity index (χ4v) is 0.552. The first kappa shape index (κ1) is 6.54. The van der Waals surface area contributed by atoms with Gasteiger partial charge in [-0.15, -0.1) is 0 Å². The molecule has 0 saturated heterocycles. The highest BCUT2D eigenvalue weighted by Crippen LogP contribution is 2.04. The Labute approximate surface area is 58.4 Å². The highest BCUT2D eigenvalue weighted by Gasteiger charge is 2.15. The summed E-state index contributed by atoms with van der Waals surface area (Å²) in [7, 11) is 0. The van der Waals surface area contributed by atoms with Gasteiger partial charge in [0.25, 0.3) is 0 Å². The average molecular weight is 146 g/mol. The molecule has 50 valence electrons. The van der Waals surface area contributed by atoms with Crippen molar-refractivity contribution in [3.05, 3.63) is 5.82 Å². The SMILES string of the molecule is CC(C)c1no[n+](S)n1. The molecule has 1 aromatic rings. The molecule has 0 atom stereocenters. The molecule has 5 heteroatoms. The zero-order valence-electron chi connectivity index (χ0n) is 5.27. The minimum absolute atomic E-state index is 0.294. The van der Waals surface area contributed by atoms with Crippen molar-refractivity contribution in [2.45, 2.75) is 19.8 Å². The predicted octanol–water partition coefficient (Wildman–Crippen LogP) is 0.173. The zero-order chi connectivity index (χ0) is 6.85. The summed E-state index contributed by atoms with van der Waals surface area (Å²) in [6.45, 7) is 3.97. The molecule has 0 N–H and O–H groups in total. The molecule has 0 spiro atoms. The van der Waals surface area contributed by atoms with E-state index in [-0.39, 0.29) is 0 Å². The maximum Gasteiger partial charge on any atom is 0.336 e. The van der Waals surface area contributed by atoms with Gasteiger partial charge in [-0.3, -0.25) is 0 Å². The summed E-state index contributed by atoms with van der Waals surface area (Å²) in [5, 5.41) is 7.43. The highest BCUT2D eigenvalue weighted by molar-refractivity contribution is 7.72. The Balaban J connectivity index is 2.85. The van der Waals surface area contributed by atoms with Gasteiger partial charge in [0.1, 0.15) is 17.1 Å². The fraction of sp³-hybridized carbons (Fsp3) is 0.750. The summed E-state index contributed by atoms with van der Waals surface area (Å²) in [6, 6.07) is 0. The van der Waals surface area contributed by atoms with Gasteiger partial charge in [-0.05, 0) is 4.63 Å². The van der Waals surface area contributed by atoms with Crippen LogP contribution in [0.2, 0.25) is 0 Å². The largest absolute Gasteiger partial charge is 0.336 e. The number of nitrogens with zero attached hydrogens (tertiary/aromatic N) is 3. The second kappa shape index (κ2) is 2.34. The minimum atomic E-state index is 0.294. The van der Waals surface area contributed by atoms with E-state index < -0.39 is 0 Å². The van der Waals surface area contributed by atoms with Crippen LogP contribution in [-0.2, 0) is 0 Å². The van der Waals surface area contributed by atoms with Crippen LogP contribution < -0.4 is 4.26 Å². The molecular weight excluding hydrogens is 138 g/mol. The highest BCUT2D eigenvalue weighted by atomic mass is 32.1. The van der Waals surface area contributed by atoms with Gasteiger partial charge in [0.2, 0.25) is 0 Å². The second-order valence-electron chi connectivity index (χ2n) is 2.04. The van der Waals surface area contributed by atoms with Crippen LogP contribution in [0.25, 0.3) is 0 Å². The van der Waals surface area contributed by atoms with E-state index in [1.54, 1.807) is 0 Å². The Bertz CT molecular complexity index is 197. The van der Waals surface area contributed by atoms with Crippen LogP contribution in [0.1, 0.15) is 25.6 Å². The number of rotatable bonds is 1. The Morgan fingerprint density at radius 2 is 2.33 bits per heavy atom. The van der Waals surface area contributed by atoms with Gasteiger partial charge in [-0.25, -0.2) is 0 Å². The molecule has 0 amide bonds. The predicted molar refractivity (Wildman–Crippen MR) is 33.0 cm³/mol. The third kappa shape index (κ3) is 1.41. The first-order valence-corrected chi connectivity index (χ1v) is 3.06. The van der Waals surface area contributed by atoms with Gasteiger partial charge < -0.3 is 0 Å². The van der Waals surface area contributed by atoms with Crippen molar-refractivity contribution in [3.63, 3.8) is 0 Å². The van der Waals surface area contributed by atoms with Gasteiger partial charge in [-0.2, -0.15) is 0 Å². The van der Waals surface area contributed by atoms with Gasteiger partial charge in [-0.1, -0.05) is 13.8 Å². The maximum absolute atomic E-state index is 4.55. The molecule has 0 bridgehead atoms. The normalized spacial score (nSPS) is 10.7. The van der Waals surface area contributed by atoms with Crippen LogP contribution in [0.3, 0.4) is 0 Å². The summed E-state index contributed by atoms with van der Waals surface area (Å²) in [5.74, 6) is 0.965. The van der Waals surface area contributed by atoms with Gasteiger partial charge >= 0.3 is 5.82 Å². The van der Waals surface area contributed by atoms with E-state index in [0.29, 0.717) is 11.7 Å². The first-order valence-electron chi connectivity index (χ1n) is 2.66. The van der Waals surface area contributed by atoms with Crippen molar-refractivity contribution in [1.82, 2.24) is 10.3 Å². The monoisotopic (exact) mass is 146 g/mol. The van der Waals surface area contributed by atoms with Crippen molar-refractivity contribution >= 4 is 12.8 Å². The lowest BCUT2D eigenvalue weighted by Gasteiger charge is -1.83. The smallest absolute Gasteiger partial charge is 0.0530 e. The van der Waals surface area contributed by atoms with Gasteiger partial charge in [0.05, 0.1) is 0 Å². The Morgan fingerprint density at radius 3 is 2.56 bits per heavy atom. The summed E-state index contributed by atoms with van der Waals surface area (Å²) in [4.78, 5) is 0. The van der Waals surface area contributed by atoms with E-state index in [9.17, 15) is 0 Å². The second-order valence-corrected chi connectivity index (χ2v) is 2.38. The van der Waals surface area contributed by atoms with Crippen LogP contribution in [0.5, 0.6) is 0 Å². The topological polar surface area (TPSA) is 42.8 Å². The quantitative estimate of drug-likeness (QED) is 0.454. The Kier molecular flexibility index (Phi) is 1.70. The molecule has 1 rings (SSSR count). The molecule has 0 aliphatic carbocycles. The summed E-state index contributed by atoms with van der Waals surface area (Å²) < 4.78 is 5.58. The van der Waals surface area contributed by atoms with Crippen molar-refractivity contribution in [1.29, 1.82) is 0 Å². The lowest BCUT2D eigenvalue weighted by molar-refractivity contribution is -0.760. The molecule has 0 aromatic carbocycles. The third-order valence-electron chi connectivity index (χ3n) is 0.912. The molecule has 0 saturated carbocycles. The van der Waals surface area contributed by atoms with Crippen molar-refractivity contribution in [2.24, 2.45) is 0 Å². The van der Waals surface area contributed by atoms with E-state index in [1.165, 1.54) is 0 Å². The van der Waals surface area contributed by atoms with Crippen LogP contribution in [0.4, 0.5) is 0 Å². The van der Waals surface area contributed by atoms with Crippen LogP contribution in [0, 0.1) is 0 Å². The number of hydrogen-bond acceptors (Lipinski definition) is 4. The molecule has 0 unspecified atom stereocenters. The van der Waals surface area contributed by atoms with E-state index >= 15 is 0 Å². The fourth-order valence-electron chi connectivity index (χ4n) is 0.423. The third-order valence-corrected chi connectivity index (χ3v) is 1.07. The molecule has 1 heterocycles. The standard InChI is InChI=1S/C4H8N3OS/c1-3(2)4-5-7(9)8-6-4/h3H,1-2H3,(H,5,6,9)/q+1. The maximum atomic E-state index is 4.55. The lowest BCUT2D eigenvalue weighted by Crippen LogP contribution is -2.20. The minimum Gasteiger partial charge on any atom is -0.0530 e. The van der Waals surface area contributed by atoms with Crippen LogP contribution in [0.15, 0.2) is 4.63 Å². The number of hydrogen-bond donors (Lipinski definition) is 1.